The second-order valence-electron chi connectivity index (χ2n) is 3.39. The highest BCUT2D eigenvalue weighted by Gasteiger charge is 2.17. The van der Waals surface area contributed by atoms with Crippen LogP contribution in [0.25, 0.3) is 5.57 Å². The highest BCUT2D eigenvalue weighted by Crippen LogP contribution is 2.33. The molecule has 2 rings (SSSR count). The van der Waals surface area contributed by atoms with E-state index in [0.717, 1.165) is 29.8 Å². The van der Waals surface area contributed by atoms with Gasteiger partial charge in [0.05, 0.1) is 0 Å². The maximum Gasteiger partial charge on any atom is 0.132 e. The maximum absolute atomic E-state index is 13.4. The Morgan fingerprint density at radius 2 is 2.23 bits per heavy atom. The van der Waals surface area contributed by atoms with Crippen LogP contribution >= 0.6 is 0 Å². The fraction of sp³-hybridized carbons (Fsp3) is 0.273. The first-order valence-electron chi connectivity index (χ1n) is 4.41. The molecule has 1 N–H and O–H groups in total. The van der Waals surface area contributed by atoms with Crippen molar-refractivity contribution in [2.24, 2.45) is 0 Å². The first-order valence-corrected chi connectivity index (χ1v) is 4.41. The normalized spacial score (nSPS) is 15.1. The quantitative estimate of drug-likeness (QED) is 0.642. The molecule has 13 heavy (non-hydrogen) atoms. The Balaban J connectivity index is 2.67. The Labute approximate surface area is 77.3 Å². The van der Waals surface area contributed by atoms with Crippen LogP contribution in [0.4, 0.5) is 10.1 Å². The molecule has 0 spiro atoms. The molecule has 1 aliphatic rings. The number of nitrogens with one attached hydrogen (secondary N) is 1. The third-order valence-electron chi connectivity index (χ3n) is 2.44. The highest BCUT2D eigenvalue weighted by atomic mass is 19.1. The third kappa shape index (κ3) is 1.22. The Morgan fingerprint density at radius 3 is 2.92 bits per heavy atom. The van der Waals surface area contributed by atoms with Crippen molar-refractivity contribution in [3.05, 3.63) is 35.7 Å². The molecule has 1 nitrogen and oxygen atoms in total. The molecule has 0 amide bonds. The van der Waals surface area contributed by atoms with E-state index in [9.17, 15) is 4.39 Å². The zero-order chi connectivity index (χ0) is 9.42. The molecule has 0 unspecified atom stereocenters. The van der Waals surface area contributed by atoms with Crippen LogP contribution in [0.15, 0.2) is 18.7 Å². The molecule has 2 heteroatoms. The van der Waals surface area contributed by atoms with Gasteiger partial charge >= 0.3 is 0 Å². The van der Waals surface area contributed by atoms with Crippen molar-refractivity contribution in [1.82, 2.24) is 0 Å². The van der Waals surface area contributed by atoms with Gasteiger partial charge in [-0.1, -0.05) is 12.6 Å². The molecule has 0 radical (unpaired) electrons. The van der Waals surface area contributed by atoms with E-state index in [0.29, 0.717) is 5.56 Å². The average Bonchev–Trinajstić information content (AvgIpc) is 2.12. The van der Waals surface area contributed by atoms with Crippen molar-refractivity contribution in [2.45, 2.75) is 13.3 Å². The van der Waals surface area contributed by atoms with E-state index in [4.69, 9.17) is 0 Å². The van der Waals surface area contributed by atoms with Crippen LogP contribution in [-0.4, -0.2) is 6.54 Å². The second-order valence-corrected chi connectivity index (χ2v) is 3.39. The van der Waals surface area contributed by atoms with Crippen LogP contribution in [0.1, 0.15) is 17.5 Å². The first-order chi connectivity index (χ1) is 6.20. The summed E-state index contributed by atoms with van der Waals surface area (Å²) < 4.78 is 13.4. The number of rotatable bonds is 0. The van der Waals surface area contributed by atoms with Crippen LogP contribution in [0.3, 0.4) is 0 Å². The van der Waals surface area contributed by atoms with Crippen LogP contribution in [0.2, 0.25) is 0 Å². The van der Waals surface area contributed by atoms with Crippen molar-refractivity contribution in [1.29, 1.82) is 0 Å². The van der Waals surface area contributed by atoms with Gasteiger partial charge in [-0.15, -0.1) is 0 Å². The second kappa shape index (κ2) is 2.87. The van der Waals surface area contributed by atoms with Gasteiger partial charge in [0, 0.05) is 17.8 Å². The molecule has 0 aromatic heterocycles. The lowest BCUT2D eigenvalue weighted by Gasteiger charge is -2.22. The number of benzene rings is 1. The van der Waals surface area contributed by atoms with Gasteiger partial charge in [-0.3, -0.25) is 0 Å². The number of halogens is 1. The van der Waals surface area contributed by atoms with Gasteiger partial charge in [-0.05, 0) is 30.5 Å². The number of fused-ring (bicyclic) bond motifs is 1. The van der Waals surface area contributed by atoms with Gasteiger partial charge in [0.15, 0.2) is 0 Å². The van der Waals surface area contributed by atoms with Crippen molar-refractivity contribution < 1.29 is 4.39 Å². The number of hydrogen-bond acceptors (Lipinski definition) is 1. The lowest BCUT2D eigenvalue weighted by Crippen LogP contribution is -2.13. The fourth-order valence-corrected chi connectivity index (χ4v) is 1.72. The van der Waals surface area contributed by atoms with Crippen molar-refractivity contribution >= 4 is 11.3 Å². The fourth-order valence-electron chi connectivity index (χ4n) is 1.72. The van der Waals surface area contributed by atoms with E-state index in [1.807, 2.05) is 6.92 Å². The molecule has 0 fully saturated rings. The first kappa shape index (κ1) is 8.30. The summed E-state index contributed by atoms with van der Waals surface area (Å²) in [6, 6.07) is 3.30. The minimum atomic E-state index is -0.169. The zero-order valence-corrected chi connectivity index (χ0v) is 7.65. The molecule has 1 aromatic carbocycles. The highest BCUT2D eigenvalue weighted by molar-refractivity contribution is 5.80. The van der Waals surface area contributed by atoms with Gasteiger partial charge in [0.2, 0.25) is 0 Å². The van der Waals surface area contributed by atoms with Crippen LogP contribution in [0, 0.1) is 12.7 Å². The molecule has 0 saturated heterocycles. The molecule has 68 valence electrons. The Hall–Kier alpha value is -1.31. The number of aryl methyl sites for hydroxylation is 1. The summed E-state index contributed by atoms with van der Waals surface area (Å²) in [7, 11) is 0. The van der Waals surface area contributed by atoms with Gasteiger partial charge in [0.1, 0.15) is 5.82 Å². The predicted molar refractivity (Wildman–Crippen MR) is 53.3 cm³/mol. The summed E-state index contributed by atoms with van der Waals surface area (Å²) in [5.41, 5.74) is 3.56. The van der Waals surface area contributed by atoms with Gasteiger partial charge in [-0.2, -0.15) is 0 Å². The molecule has 0 bridgehead atoms. The van der Waals surface area contributed by atoms with E-state index in [1.165, 1.54) is 6.07 Å². The molecule has 0 aliphatic carbocycles. The Kier molecular flexibility index (Phi) is 1.83. The molecular weight excluding hydrogens is 165 g/mol. The van der Waals surface area contributed by atoms with Crippen molar-refractivity contribution in [2.75, 3.05) is 11.9 Å². The molecule has 1 aromatic rings. The lowest BCUT2D eigenvalue weighted by molar-refractivity contribution is 0.622. The van der Waals surface area contributed by atoms with E-state index >= 15 is 0 Å². The Bertz CT molecular complexity index is 369. The topological polar surface area (TPSA) is 12.0 Å². The van der Waals surface area contributed by atoms with Crippen LogP contribution in [-0.2, 0) is 0 Å². The molecule has 0 saturated carbocycles. The third-order valence-corrected chi connectivity index (χ3v) is 2.44. The minimum absolute atomic E-state index is 0.169. The zero-order valence-electron chi connectivity index (χ0n) is 7.65. The largest absolute Gasteiger partial charge is 0.384 e. The SMILES string of the molecule is C=C1CCNc2c(C)ccc(F)c21. The van der Waals surface area contributed by atoms with Crippen molar-refractivity contribution in [3.8, 4) is 0 Å². The summed E-state index contributed by atoms with van der Waals surface area (Å²) in [6.07, 6.45) is 0.827. The molecule has 1 aliphatic heterocycles. The summed E-state index contributed by atoms with van der Waals surface area (Å²) in [4.78, 5) is 0. The summed E-state index contributed by atoms with van der Waals surface area (Å²) in [5.74, 6) is -0.169. The van der Waals surface area contributed by atoms with Crippen LogP contribution < -0.4 is 5.32 Å². The smallest absolute Gasteiger partial charge is 0.132 e. The standard InChI is InChI=1S/C11H12FN/c1-7-5-6-13-11-8(2)3-4-9(12)10(7)11/h3-4,13H,1,5-6H2,2H3. The van der Waals surface area contributed by atoms with Gasteiger partial charge in [0.25, 0.3) is 0 Å². The van der Waals surface area contributed by atoms with E-state index in [1.54, 1.807) is 6.07 Å². The van der Waals surface area contributed by atoms with Crippen molar-refractivity contribution in [3.63, 3.8) is 0 Å². The lowest BCUT2D eigenvalue weighted by atomic mass is 9.95. The number of anilines is 1. The van der Waals surface area contributed by atoms with Crippen LogP contribution in [0.5, 0.6) is 0 Å². The predicted octanol–water partition coefficient (Wildman–Crippen LogP) is 2.96. The summed E-state index contributed by atoms with van der Waals surface area (Å²) in [5, 5.41) is 3.20. The van der Waals surface area contributed by atoms with E-state index < -0.39 is 0 Å². The average molecular weight is 177 g/mol. The Morgan fingerprint density at radius 1 is 1.46 bits per heavy atom. The van der Waals surface area contributed by atoms with E-state index in [-0.39, 0.29) is 5.82 Å². The molecular formula is C11H12FN. The number of hydrogen-bond donors (Lipinski definition) is 1. The summed E-state index contributed by atoms with van der Waals surface area (Å²) in [6.45, 7) is 6.71. The molecule has 1 heterocycles. The van der Waals surface area contributed by atoms with E-state index in [2.05, 4.69) is 11.9 Å². The monoisotopic (exact) mass is 177 g/mol. The van der Waals surface area contributed by atoms with Gasteiger partial charge < -0.3 is 5.32 Å². The molecule has 0 atom stereocenters. The summed E-state index contributed by atoms with van der Waals surface area (Å²) >= 11 is 0. The maximum atomic E-state index is 13.4. The van der Waals surface area contributed by atoms with Gasteiger partial charge in [-0.25, -0.2) is 4.39 Å². The minimum Gasteiger partial charge on any atom is -0.384 e.